The van der Waals surface area contributed by atoms with Crippen molar-refractivity contribution in [3.05, 3.63) is 102 Å². The standard InChI is InChI=1S/C26H24N4O3/c1-2-33-26(32)24-22-18-29(17-14-23(22)30(27-24)21-8-4-3-5-9-21)25(31)19-10-12-20(13-11-19)28-15-6-7-16-28/h3-13,15-16H,2,14,17-18H2,1H3. The Bertz CT molecular complexity index is 1280. The summed E-state index contributed by atoms with van der Waals surface area (Å²) >= 11 is 0. The van der Waals surface area contributed by atoms with Gasteiger partial charge in [0, 0.05) is 42.2 Å². The predicted octanol–water partition coefficient (Wildman–Crippen LogP) is 4.04. The number of carbonyl (C=O) groups excluding carboxylic acids is 2. The van der Waals surface area contributed by atoms with E-state index in [2.05, 4.69) is 5.10 Å². The van der Waals surface area contributed by atoms with Gasteiger partial charge in [-0.05, 0) is 55.5 Å². The normalized spacial score (nSPS) is 12.9. The number of aromatic nitrogens is 3. The van der Waals surface area contributed by atoms with Crippen LogP contribution in [0.15, 0.2) is 79.1 Å². The van der Waals surface area contributed by atoms with Gasteiger partial charge in [-0.3, -0.25) is 4.79 Å². The van der Waals surface area contributed by atoms with E-state index in [4.69, 9.17) is 4.74 Å². The molecule has 2 aromatic carbocycles. The Balaban J connectivity index is 1.44. The maximum absolute atomic E-state index is 13.3. The van der Waals surface area contributed by atoms with Gasteiger partial charge in [-0.25, -0.2) is 9.48 Å². The van der Waals surface area contributed by atoms with Crippen molar-refractivity contribution in [1.29, 1.82) is 0 Å². The Morgan fingerprint density at radius 1 is 0.939 bits per heavy atom. The summed E-state index contributed by atoms with van der Waals surface area (Å²) in [5, 5.41) is 4.59. The smallest absolute Gasteiger partial charge is 0.359 e. The minimum atomic E-state index is -0.464. The van der Waals surface area contributed by atoms with E-state index in [0.717, 1.165) is 22.6 Å². The number of fused-ring (bicyclic) bond motifs is 1. The van der Waals surface area contributed by atoms with Gasteiger partial charge in [0.1, 0.15) is 0 Å². The van der Waals surface area contributed by atoms with Gasteiger partial charge in [0.05, 0.1) is 24.5 Å². The van der Waals surface area contributed by atoms with Crippen molar-refractivity contribution >= 4 is 11.9 Å². The van der Waals surface area contributed by atoms with Crippen LogP contribution in [0.1, 0.15) is 39.0 Å². The zero-order valence-corrected chi connectivity index (χ0v) is 18.3. The molecule has 4 aromatic rings. The number of para-hydroxylation sites is 1. The highest BCUT2D eigenvalue weighted by Crippen LogP contribution is 2.27. The summed E-state index contributed by atoms with van der Waals surface area (Å²) in [7, 11) is 0. The second-order valence-electron chi connectivity index (χ2n) is 7.86. The van der Waals surface area contributed by atoms with Crippen LogP contribution >= 0.6 is 0 Å². The molecule has 3 heterocycles. The van der Waals surface area contributed by atoms with Gasteiger partial charge in [-0.2, -0.15) is 5.10 Å². The Morgan fingerprint density at radius 3 is 2.36 bits per heavy atom. The van der Waals surface area contributed by atoms with Crippen molar-refractivity contribution in [2.24, 2.45) is 0 Å². The lowest BCUT2D eigenvalue weighted by molar-refractivity contribution is 0.0513. The number of carbonyl (C=O) groups is 2. The Morgan fingerprint density at radius 2 is 1.67 bits per heavy atom. The van der Waals surface area contributed by atoms with Crippen LogP contribution in [0, 0.1) is 0 Å². The molecular formula is C26H24N4O3. The lowest BCUT2D eigenvalue weighted by atomic mass is 10.0. The highest BCUT2D eigenvalue weighted by Gasteiger charge is 2.31. The van der Waals surface area contributed by atoms with Crippen molar-refractivity contribution in [1.82, 2.24) is 19.2 Å². The summed E-state index contributed by atoms with van der Waals surface area (Å²) in [4.78, 5) is 27.7. The lowest BCUT2D eigenvalue weighted by Gasteiger charge is -2.28. The fourth-order valence-corrected chi connectivity index (χ4v) is 4.20. The van der Waals surface area contributed by atoms with Crippen LogP contribution in [-0.2, 0) is 17.7 Å². The van der Waals surface area contributed by atoms with Crippen LogP contribution in [0.2, 0.25) is 0 Å². The van der Waals surface area contributed by atoms with Gasteiger partial charge in [-0.1, -0.05) is 18.2 Å². The summed E-state index contributed by atoms with van der Waals surface area (Å²) in [5.41, 5.74) is 4.45. The molecule has 1 aliphatic heterocycles. The van der Waals surface area contributed by atoms with Gasteiger partial charge >= 0.3 is 5.97 Å². The second kappa shape index (κ2) is 8.78. The van der Waals surface area contributed by atoms with Crippen molar-refractivity contribution in [2.45, 2.75) is 19.9 Å². The molecule has 5 rings (SSSR count). The number of hydrogen-bond acceptors (Lipinski definition) is 4. The number of esters is 1. The molecule has 166 valence electrons. The molecule has 33 heavy (non-hydrogen) atoms. The average Bonchev–Trinajstić information content (AvgIpc) is 3.53. The minimum absolute atomic E-state index is 0.0676. The first kappa shape index (κ1) is 20.8. The maximum atomic E-state index is 13.3. The maximum Gasteiger partial charge on any atom is 0.359 e. The largest absolute Gasteiger partial charge is 0.461 e. The first-order valence-corrected chi connectivity index (χ1v) is 11.0. The monoisotopic (exact) mass is 440 g/mol. The van der Waals surface area contributed by atoms with Gasteiger partial charge in [0.25, 0.3) is 5.91 Å². The highest BCUT2D eigenvalue weighted by molar-refractivity contribution is 5.95. The van der Waals surface area contributed by atoms with Crippen molar-refractivity contribution in [3.8, 4) is 11.4 Å². The topological polar surface area (TPSA) is 69.4 Å². The second-order valence-corrected chi connectivity index (χ2v) is 7.86. The number of rotatable bonds is 5. The first-order valence-electron chi connectivity index (χ1n) is 11.0. The molecule has 1 amide bonds. The fraction of sp³-hybridized carbons (Fsp3) is 0.192. The molecule has 0 saturated heterocycles. The average molecular weight is 441 g/mol. The van der Waals surface area contributed by atoms with Gasteiger partial charge in [0.2, 0.25) is 0 Å². The van der Waals surface area contributed by atoms with Crippen molar-refractivity contribution in [3.63, 3.8) is 0 Å². The molecule has 0 aliphatic carbocycles. The molecule has 0 spiro atoms. The molecule has 0 bridgehead atoms. The molecule has 7 heteroatoms. The van der Waals surface area contributed by atoms with E-state index in [9.17, 15) is 9.59 Å². The highest BCUT2D eigenvalue weighted by atomic mass is 16.5. The van der Waals surface area contributed by atoms with Crippen molar-refractivity contribution in [2.75, 3.05) is 13.2 Å². The van der Waals surface area contributed by atoms with E-state index < -0.39 is 5.97 Å². The molecule has 0 fully saturated rings. The van der Waals surface area contributed by atoms with Crippen LogP contribution < -0.4 is 0 Å². The Hall–Kier alpha value is -4.13. The minimum Gasteiger partial charge on any atom is -0.461 e. The van der Waals surface area contributed by atoms with E-state index in [1.165, 1.54) is 0 Å². The summed E-state index contributed by atoms with van der Waals surface area (Å²) < 4.78 is 9.04. The summed E-state index contributed by atoms with van der Waals surface area (Å²) in [5.74, 6) is -0.532. The van der Waals surface area contributed by atoms with E-state index in [-0.39, 0.29) is 18.2 Å². The van der Waals surface area contributed by atoms with E-state index in [1.807, 2.05) is 83.7 Å². The van der Waals surface area contributed by atoms with E-state index in [1.54, 1.807) is 16.5 Å². The molecule has 0 unspecified atom stereocenters. The quantitative estimate of drug-likeness (QED) is 0.439. The van der Waals surface area contributed by atoms with E-state index >= 15 is 0 Å². The Labute approximate surface area is 191 Å². The van der Waals surface area contributed by atoms with Crippen LogP contribution in [0.5, 0.6) is 0 Å². The lowest BCUT2D eigenvalue weighted by Crippen LogP contribution is -2.36. The molecular weight excluding hydrogens is 416 g/mol. The molecule has 7 nitrogen and oxygen atoms in total. The Kier molecular flexibility index (Phi) is 5.52. The summed E-state index contributed by atoms with van der Waals surface area (Å²) in [6.45, 7) is 2.90. The SMILES string of the molecule is CCOC(=O)c1nn(-c2ccccc2)c2c1CN(C(=O)c1ccc(-n3cccc3)cc1)CC2. The zero-order chi connectivity index (χ0) is 22.8. The third-order valence-corrected chi connectivity index (χ3v) is 5.83. The summed E-state index contributed by atoms with van der Waals surface area (Å²) in [6, 6.07) is 21.2. The van der Waals surface area contributed by atoms with Gasteiger partial charge < -0.3 is 14.2 Å². The molecule has 0 N–H and O–H groups in total. The fourth-order valence-electron chi connectivity index (χ4n) is 4.20. The van der Waals surface area contributed by atoms with Gasteiger partial charge in [0.15, 0.2) is 5.69 Å². The number of ether oxygens (including phenoxy) is 1. The number of hydrogen-bond donors (Lipinski definition) is 0. The number of nitrogens with zero attached hydrogens (tertiary/aromatic N) is 4. The van der Waals surface area contributed by atoms with Gasteiger partial charge in [-0.15, -0.1) is 0 Å². The van der Waals surface area contributed by atoms with Crippen LogP contribution in [0.4, 0.5) is 0 Å². The predicted molar refractivity (Wildman–Crippen MR) is 124 cm³/mol. The molecule has 0 radical (unpaired) electrons. The number of amides is 1. The molecule has 0 saturated carbocycles. The van der Waals surface area contributed by atoms with Crippen LogP contribution in [0.25, 0.3) is 11.4 Å². The first-order chi connectivity index (χ1) is 16.2. The number of benzene rings is 2. The third kappa shape index (κ3) is 3.93. The third-order valence-electron chi connectivity index (χ3n) is 5.83. The molecule has 2 aromatic heterocycles. The molecule has 0 atom stereocenters. The van der Waals surface area contributed by atoms with E-state index in [0.29, 0.717) is 25.1 Å². The van der Waals surface area contributed by atoms with Crippen molar-refractivity contribution < 1.29 is 14.3 Å². The van der Waals surface area contributed by atoms with Crippen LogP contribution in [-0.4, -0.2) is 44.3 Å². The zero-order valence-electron chi connectivity index (χ0n) is 18.3. The summed E-state index contributed by atoms with van der Waals surface area (Å²) in [6.07, 6.45) is 4.53. The van der Waals surface area contributed by atoms with Crippen LogP contribution in [0.3, 0.4) is 0 Å². The molecule has 1 aliphatic rings.